The summed E-state index contributed by atoms with van der Waals surface area (Å²) in [5.41, 5.74) is -0.0434. The fourth-order valence-electron chi connectivity index (χ4n) is 1.30. The van der Waals surface area contributed by atoms with Crippen molar-refractivity contribution in [2.24, 2.45) is 0 Å². The van der Waals surface area contributed by atoms with Crippen LogP contribution in [-0.4, -0.2) is 44.1 Å². The largest absolute Gasteiger partial charge is 0.345 e. The number of hydrogen-bond donors (Lipinski definition) is 0. The second-order valence-electron chi connectivity index (χ2n) is 3.79. The fraction of sp³-hybridized carbons (Fsp3) is 0.364. The molecular weight excluding hydrogens is 254 g/mol. The lowest BCUT2D eigenvalue weighted by Crippen LogP contribution is -2.22. The number of nitrogens with zero attached hydrogens (tertiary/aromatic N) is 3. The molecule has 1 amide bonds. The first-order valence-corrected chi connectivity index (χ1v) is 6.83. The Morgan fingerprint density at radius 2 is 2.11 bits per heavy atom. The average Bonchev–Trinajstić information content (AvgIpc) is 2.36. The monoisotopic (exact) mass is 267 g/mol. The molecule has 0 N–H and O–H groups in total. The molecule has 18 heavy (non-hydrogen) atoms. The first-order valence-electron chi connectivity index (χ1n) is 5.18. The molecule has 1 aromatic heterocycles. The molecule has 0 aliphatic carbocycles. The predicted molar refractivity (Wildman–Crippen MR) is 64.7 cm³/mol. The van der Waals surface area contributed by atoms with Gasteiger partial charge in [0.1, 0.15) is 11.0 Å². The molecule has 0 fully saturated rings. The van der Waals surface area contributed by atoms with Crippen LogP contribution in [0, 0.1) is 11.3 Å². The molecule has 0 atom stereocenters. The third kappa shape index (κ3) is 2.65. The summed E-state index contributed by atoms with van der Waals surface area (Å²) < 4.78 is 23.6. The molecule has 0 unspecified atom stereocenters. The highest BCUT2D eigenvalue weighted by molar-refractivity contribution is 7.91. The summed E-state index contributed by atoms with van der Waals surface area (Å²) in [7, 11) is -0.478. The van der Waals surface area contributed by atoms with Crippen LogP contribution in [0.2, 0.25) is 0 Å². The summed E-state index contributed by atoms with van der Waals surface area (Å²) in [5, 5.41) is 8.84. The number of rotatable bonds is 3. The Bertz CT molecular complexity index is 615. The highest BCUT2D eigenvalue weighted by Gasteiger charge is 2.21. The van der Waals surface area contributed by atoms with Crippen molar-refractivity contribution in [2.75, 3.05) is 19.8 Å². The summed E-state index contributed by atoms with van der Waals surface area (Å²) in [5.74, 6) is -0.511. The molecular formula is C11H13N3O3S. The van der Waals surface area contributed by atoms with Crippen LogP contribution in [0.1, 0.15) is 23.0 Å². The van der Waals surface area contributed by atoms with E-state index in [9.17, 15) is 13.2 Å². The Hall–Kier alpha value is -1.94. The number of carbonyl (C=O) groups is 1. The third-order valence-corrected chi connectivity index (χ3v) is 4.07. The molecule has 0 radical (unpaired) electrons. The minimum Gasteiger partial charge on any atom is -0.345 e. The van der Waals surface area contributed by atoms with Gasteiger partial charge >= 0.3 is 0 Å². The number of nitriles is 1. The smallest absolute Gasteiger partial charge is 0.254 e. The van der Waals surface area contributed by atoms with Crippen molar-refractivity contribution in [3.8, 4) is 6.07 Å². The maximum absolute atomic E-state index is 11.8. The van der Waals surface area contributed by atoms with E-state index in [1.807, 2.05) is 0 Å². The number of sulfone groups is 1. The number of pyridine rings is 1. The highest BCUT2D eigenvalue weighted by Crippen LogP contribution is 2.17. The van der Waals surface area contributed by atoms with Crippen LogP contribution >= 0.6 is 0 Å². The molecule has 0 aliphatic rings. The summed E-state index contributed by atoms with van der Waals surface area (Å²) in [6.07, 6.45) is 1.20. The van der Waals surface area contributed by atoms with Gasteiger partial charge in [-0.05, 0) is 6.07 Å². The van der Waals surface area contributed by atoms with Crippen molar-refractivity contribution in [3.63, 3.8) is 0 Å². The molecule has 0 aliphatic heterocycles. The fourth-order valence-corrected chi connectivity index (χ4v) is 2.31. The van der Waals surface area contributed by atoms with Gasteiger partial charge in [0, 0.05) is 20.3 Å². The van der Waals surface area contributed by atoms with Crippen LogP contribution in [-0.2, 0) is 9.84 Å². The van der Waals surface area contributed by atoms with Crippen LogP contribution in [0.3, 0.4) is 0 Å². The van der Waals surface area contributed by atoms with Gasteiger partial charge in [0.2, 0.25) is 0 Å². The number of carbonyl (C=O) groups excluding carboxylic acids is 1. The van der Waals surface area contributed by atoms with Crippen molar-refractivity contribution in [2.45, 2.75) is 11.8 Å². The van der Waals surface area contributed by atoms with Crippen molar-refractivity contribution < 1.29 is 13.2 Å². The lowest BCUT2D eigenvalue weighted by atomic mass is 10.2. The zero-order chi connectivity index (χ0) is 13.9. The van der Waals surface area contributed by atoms with E-state index in [0.29, 0.717) is 0 Å². The minimum atomic E-state index is -3.58. The van der Waals surface area contributed by atoms with Crippen LogP contribution in [0.25, 0.3) is 0 Å². The summed E-state index contributed by atoms with van der Waals surface area (Å²) >= 11 is 0. The van der Waals surface area contributed by atoms with E-state index in [0.717, 1.165) is 0 Å². The second-order valence-corrected chi connectivity index (χ2v) is 6.03. The van der Waals surface area contributed by atoms with Gasteiger partial charge in [0.05, 0.1) is 11.3 Å². The zero-order valence-corrected chi connectivity index (χ0v) is 11.2. The van der Waals surface area contributed by atoms with E-state index < -0.39 is 9.84 Å². The lowest BCUT2D eigenvalue weighted by Gasteiger charge is -2.11. The van der Waals surface area contributed by atoms with E-state index in [1.165, 1.54) is 24.1 Å². The number of hydrogen-bond acceptors (Lipinski definition) is 5. The highest BCUT2D eigenvalue weighted by atomic mass is 32.2. The lowest BCUT2D eigenvalue weighted by molar-refractivity contribution is 0.0827. The predicted octanol–water partition coefficient (Wildman–Crippen LogP) is 0.449. The van der Waals surface area contributed by atoms with Gasteiger partial charge in [0.15, 0.2) is 15.5 Å². The quantitative estimate of drug-likeness (QED) is 0.793. The van der Waals surface area contributed by atoms with Crippen molar-refractivity contribution in [1.29, 1.82) is 5.26 Å². The first-order chi connectivity index (χ1) is 8.33. The van der Waals surface area contributed by atoms with Gasteiger partial charge in [-0.15, -0.1) is 0 Å². The van der Waals surface area contributed by atoms with E-state index in [2.05, 4.69) is 4.98 Å². The third-order valence-electron chi connectivity index (χ3n) is 2.33. The molecule has 1 heterocycles. The van der Waals surface area contributed by atoms with Gasteiger partial charge in [-0.1, -0.05) is 6.92 Å². The summed E-state index contributed by atoms with van der Waals surface area (Å²) in [4.78, 5) is 16.6. The molecule has 0 saturated heterocycles. The van der Waals surface area contributed by atoms with Gasteiger partial charge < -0.3 is 4.90 Å². The molecule has 96 valence electrons. The summed E-state index contributed by atoms with van der Waals surface area (Å²) in [6.45, 7) is 1.47. The molecule has 0 aromatic carbocycles. The number of aromatic nitrogens is 1. The van der Waals surface area contributed by atoms with E-state index in [4.69, 9.17) is 5.26 Å². The molecule has 0 bridgehead atoms. The standard InChI is InChI=1S/C11H13N3O3S/c1-4-18(16,17)10-5-8(11(15)14(2)3)7-13-9(10)6-12/h5,7H,4H2,1-3H3. The molecule has 1 aromatic rings. The Labute approximate surface area is 106 Å². The van der Waals surface area contributed by atoms with Crippen molar-refractivity contribution in [1.82, 2.24) is 9.88 Å². The maximum atomic E-state index is 11.8. The normalized spacial score (nSPS) is 10.8. The SMILES string of the molecule is CCS(=O)(=O)c1cc(C(=O)N(C)C)cnc1C#N. The molecule has 6 nitrogen and oxygen atoms in total. The van der Waals surface area contributed by atoms with Gasteiger partial charge in [-0.3, -0.25) is 4.79 Å². The Balaban J connectivity index is 3.46. The minimum absolute atomic E-state index is 0.144. The number of amides is 1. The molecule has 7 heteroatoms. The van der Waals surface area contributed by atoms with Crippen LogP contribution in [0.4, 0.5) is 0 Å². The first kappa shape index (κ1) is 14.1. The van der Waals surface area contributed by atoms with E-state index >= 15 is 0 Å². The van der Waals surface area contributed by atoms with Crippen molar-refractivity contribution >= 4 is 15.7 Å². The maximum Gasteiger partial charge on any atom is 0.254 e. The molecule has 1 rings (SSSR count). The average molecular weight is 267 g/mol. The van der Waals surface area contributed by atoms with Crippen LogP contribution in [0.5, 0.6) is 0 Å². The van der Waals surface area contributed by atoms with E-state index in [-0.39, 0.29) is 27.8 Å². The van der Waals surface area contributed by atoms with E-state index in [1.54, 1.807) is 20.2 Å². The Morgan fingerprint density at radius 1 is 1.50 bits per heavy atom. The van der Waals surface area contributed by atoms with Gasteiger partial charge in [-0.25, -0.2) is 13.4 Å². The summed E-state index contributed by atoms with van der Waals surface area (Å²) in [6, 6.07) is 2.92. The second kappa shape index (κ2) is 5.14. The Kier molecular flexibility index (Phi) is 4.03. The van der Waals surface area contributed by atoms with Crippen LogP contribution < -0.4 is 0 Å². The molecule has 0 saturated carbocycles. The zero-order valence-electron chi connectivity index (χ0n) is 10.3. The molecule has 0 spiro atoms. The van der Waals surface area contributed by atoms with Crippen molar-refractivity contribution in [3.05, 3.63) is 23.5 Å². The van der Waals surface area contributed by atoms with Crippen LogP contribution in [0.15, 0.2) is 17.2 Å². The Morgan fingerprint density at radius 3 is 2.56 bits per heavy atom. The topological polar surface area (TPSA) is 91.1 Å². The van der Waals surface area contributed by atoms with Gasteiger partial charge in [-0.2, -0.15) is 5.26 Å². The van der Waals surface area contributed by atoms with Gasteiger partial charge in [0.25, 0.3) is 5.91 Å².